The molecule has 0 aliphatic carbocycles. The molecule has 0 aromatic carbocycles. The Labute approximate surface area is 72.9 Å². The molecule has 0 spiro atoms. The molecule has 11 heavy (non-hydrogen) atoms. The SMILES string of the molecule is CSc1nc(Cl)cc(N=N)n1. The third kappa shape index (κ3) is 2.13. The van der Waals surface area contributed by atoms with Crippen molar-refractivity contribution in [3.63, 3.8) is 0 Å². The van der Waals surface area contributed by atoms with Gasteiger partial charge < -0.3 is 0 Å². The minimum absolute atomic E-state index is 0.286. The zero-order valence-corrected chi connectivity index (χ0v) is 7.28. The van der Waals surface area contributed by atoms with Gasteiger partial charge in [0.05, 0.1) is 0 Å². The van der Waals surface area contributed by atoms with Crippen LogP contribution < -0.4 is 0 Å². The van der Waals surface area contributed by atoms with Gasteiger partial charge in [0.15, 0.2) is 11.0 Å². The summed E-state index contributed by atoms with van der Waals surface area (Å²) in [7, 11) is 0. The first-order chi connectivity index (χ1) is 5.26. The van der Waals surface area contributed by atoms with Gasteiger partial charge in [-0.05, 0) is 6.26 Å². The lowest BCUT2D eigenvalue weighted by molar-refractivity contribution is 0.941. The van der Waals surface area contributed by atoms with Gasteiger partial charge in [-0.3, -0.25) is 0 Å². The summed E-state index contributed by atoms with van der Waals surface area (Å²) in [4.78, 5) is 7.76. The van der Waals surface area contributed by atoms with Crippen LogP contribution in [-0.4, -0.2) is 16.2 Å². The maximum Gasteiger partial charge on any atom is 0.190 e. The number of hydrogen-bond donors (Lipinski definition) is 1. The van der Waals surface area contributed by atoms with Crippen LogP contribution in [0.25, 0.3) is 0 Å². The Hall–Kier alpha value is -0.680. The molecule has 0 amide bonds. The minimum Gasteiger partial charge on any atom is -0.210 e. The standard InChI is InChI=1S/C5H5ClN4S/c1-11-5-8-3(6)2-4(9-5)10-7/h2,7H,1H3. The normalized spacial score (nSPS) is 9.64. The molecule has 0 fully saturated rings. The van der Waals surface area contributed by atoms with Gasteiger partial charge in [-0.2, -0.15) is 0 Å². The van der Waals surface area contributed by atoms with Crippen molar-refractivity contribution < 1.29 is 0 Å². The van der Waals surface area contributed by atoms with Crippen LogP contribution in [0.15, 0.2) is 16.3 Å². The first-order valence-corrected chi connectivity index (χ1v) is 4.32. The molecule has 0 saturated carbocycles. The summed E-state index contributed by atoms with van der Waals surface area (Å²) in [5.41, 5.74) is 6.68. The molecule has 0 bridgehead atoms. The molecule has 1 heterocycles. The molecule has 58 valence electrons. The molecule has 0 unspecified atom stereocenters. The Bertz CT molecular complexity index is 277. The first kappa shape index (κ1) is 8.42. The Kier molecular flexibility index (Phi) is 2.78. The van der Waals surface area contributed by atoms with Crippen LogP contribution in [-0.2, 0) is 0 Å². The Morgan fingerprint density at radius 1 is 1.64 bits per heavy atom. The molecule has 1 rings (SSSR count). The Morgan fingerprint density at radius 3 is 2.91 bits per heavy atom. The van der Waals surface area contributed by atoms with E-state index in [4.69, 9.17) is 17.1 Å². The number of thioether (sulfide) groups is 1. The van der Waals surface area contributed by atoms with Gasteiger partial charge in [0.25, 0.3) is 0 Å². The number of rotatable bonds is 2. The fourth-order valence-corrected chi connectivity index (χ4v) is 1.14. The molecule has 4 nitrogen and oxygen atoms in total. The summed E-state index contributed by atoms with van der Waals surface area (Å²) in [6.07, 6.45) is 1.83. The number of nitrogens with one attached hydrogen (secondary N) is 1. The smallest absolute Gasteiger partial charge is 0.190 e. The lowest BCUT2D eigenvalue weighted by Gasteiger charge is -1.95. The van der Waals surface area contributed by atoms with E-state index >= 15 is 0 Å². The molecule has 6 heteroatoms. The van der Waals surface area contributed by atoms with Gasteiger partial charge >= 0.3 is 0 Å². The van der Waals surface area contributed by atoms with Crippen molar-refractivity contribution >= 4 is 29.2 Å². The van der Waals surface area contributed by atoms with Crippen molar-refractivity contribution in [3.05, 3.63) is 11.2 Å². The number of nitrogens with zero attached hydrogens (tertiary/aromatic N) is 3. The number of aromatic nitrogens is 2. The van der Waals surface area contributed by atoms with Gasteiger partial charge in [-0.1, -0.05) is 23.4 Å². The van der Waals surface area contributed by atoms with Gasteiger partial charge in [0.2, 0.25) is 0 Å². The van der Waals surface area contributed by atoms with E-state index in [1.165, 1.54) is 17.8 Å². The molecule has 1 aromatic rings. The Balaban J connectivity index is 3.11. The van der Waals surface area contributed by atoms with Gasteiger partial charge in [0, 0.05) is 6.07 Å². The quantitative estimate of drug-likeness (QED) is 0.336. The van der Waals surface area contributed by atoms with Crippen molar-refractivity contribution in [1.82, 2.24) is 9.97 Å². The molecule has 0 radical (unpaired) electrons. The highest BCUT2D eigenvalue weighted by atomic mass is 35.5. The fourth-order valence-electron chi connectivity index (χ4n) is 0.534. The summed E-state index contributed by atoms with van der Waals surface area (Å²) in [5.74, 6) is 0.286. The van der Waals surface area contributed by atoms with Crippen molar-refractivity contribution in [2.24, 2.45) is 5.11 Å². The molecule has 0 saturated heterocycles. The van der Waals surface area contributed by atoms with Crippen LogP contribution in [0.3, 0.4) is 0 Å². The van der Waals surface area contributed by atoms with E-state index in [0.29, 0.717) is 10.3 Å². The Morgan fingerprint density at radius 2 is 2.36 bits per heavy atom. The number of hydrogen-bond acceptors (Lipinski definition) is 5. The second kappa shape index (κ2) is 3.64. The molecular formula is C5H5ClN4S. The molecular weight excluding hydrogens is 184 g/mol. The van der Waals surface area contributed by atoms with E-state index in [9.17, 15) is 0 Å². The zero-order chi connectivity index (χ0) is 8.27. The first-order valence-electron chi connectivity index (χ1n) is 2.72. The monoisotopic (exact) mass is 188 g/mol. The highest BCUT2D eigenvalue weighted by molar-refractivity contribution is 7.98. The molecule has 1 N–H and O–H groups in total. The van der Waals surface area contributed by atoms with Crippen molar-refractivity contribution in [2.45, 2.75) is 5.16 Å². The molecule has 0 aliphatic rings. The highest BCUT2D eigenvalue weighted by Gasteiger charge is 1.99. The van der Waals surface area contributed by atoms with Crippen LogP contribution in [0.2, 0.25) is 5.15 Å². The highest BCUT2D eigenvalue weighted by Crippen LogP contribution is 2.18. The minimum atomic E-state index is 0.286. The summed E-state index contributed by atoms with van der Waals surface area (Å²) in [5, 5.41) is 3.99. The largest absolute Gasteiger partial charge is 0.210 e. The average Bonchev–Trinajstić information content (AvgIpc) is 2.03. The van der Waals surface area contributed by atoms with Crippen molar-refractivity contribution in [3.8, 4) is 0 Å². The van der Waals surface area contributed by atoms with Crippen molar-refractivity contribution in [1.29, 1.82) is 5.53 Å². The second-order valence-corrected chi connectivity index (χ2v) is 2.81. The third-order valence-corrected chi connectivity index (χ3v) is 1.70. The van der Waals surface area contributed by atoms with Crippen LogP contribution in [0.1, 0.15) is 0 Å². The molecule has 0 atom stereocenters. The van der Waals surface area contributed by atoms with E-state index in [1.807, 2.05) is 6.26 Å². The van der Waals surface area contributed by atoms with E-state index in [-0.39, 0.29) is 5.82 Å². The summed E-state index contributed by atoms with van der Waals surface area (Å²) < 4.78 is 0. The maximum absolute atomic E-state index is 6.68. The van der Waals surface area contributed by atoms with Crippen LogP contribution in [0.5, 0.6) is 0 Å². The average molecular weight is 189 g/mol. The lowest BCUT2D eigenvalue weighted by Crippen LogP contribution is -1.84. The van der Waals surface area contributed by atoms with E-state index < -0.39 is 0 Å². The maximum atomic E-state index is 6.68. The summed E-state index contributed by atoms with van der Waals surface area (Å²) >= 11 is 6.96. The van der Waals surface area contributed by atoms with Crippen LogP contribution >= 0.6 is 23.4 Å². The van der Waals surface area contributed by atoms with Crippen LogP contribution in [0, 0.1) is 5.53 Å². The summed E-state index contributed by atoms with van der Waals surface area (Å²) in [6, 6.07) is 1.44. The fraction of sp³-hybridized carbons (Fsp3) is 0.200. The van der Waals surface area contributed by atoms with Crippen molar-refractivity contribution in [2.75, 3.05) is 6.26 Å². The topological polar surface area (TPSA) is 62.0 Å². The van der Waals surface area contributed by atoms with Crippen LogP contribution in [0.4, 0.5) is 5.82 Å². The summed E-state index contributed by atoms with van der Waals surface area (Å²) in [6.45, 7) is 0. The van der Waals surface area contributed by atoms with Gasteiger partial charge in [0.1, 0.15) is 5.15 Å². The van der Waals surface area contributed by atoms with E-state index in [2.05, 4.69) is 15.1 Å². The zero-order valence-electron chi connectivity index (χ0n) is 5.71. The van der Waals surface area contributed by atoms with E-state index in [0.717, 1.165) is 0 Å². The lowest BCUT2D eigenvalue weighted by atomic mass is 10.6. The predicted octanol–water partition coefficient (Wildman–Crippen LogP) is 2.51. The second-order valence-electron chi connectivity index (χ2n) is 1.65. The molecule has 0 aliphatic heterocycles. The molecule has 1 aromatic heterocycles. The number of halogens is 1. The predicted molar refractivity (Wildman–Crippen MR) is 43.6 cm³/mol. The van der Waals surface area contributed by atoms with Gasteiger partial charge in [-0.15, -0.1) is 5.11 Å². The van der Waals surface area contributed by atoms with E-state index in [1.54, 1.807) is 0 Å². The van der Waals surface area contributed by atoms with Gasteiger partial charge in [-0.25, -0.2) is 15.5 Å². The third-order valence-electron chi connectivity index (χ3n) is 0.958.